The molecule has 0 bridgehead atoms. The lowest BCUT2D eigenvalue weighted by Crippen LogP contribution is -1.96. The molecule has 0 unspecified atom stereocenters. The van der Waals surface area contributed by atoms with Gasteiger partial charge >= 0.3 is 0 Å². The van der Waals surface area contributed by atoms with E-state index in [0.717, 1.165) is 85.6 Å². The monoisotopic (exact) mass is 807 g/mol. The summed E-state index contributed by atoms with van der Waals surface area (Å²) in [6, 6.07) is 69.1. The zero-order chi connectivity index (χ0) is 41.6. The Bertz CT molecular complexity index is 4020. The normalized spacial score (nSPS) is 12.0. The van der Waals surface area contributed by atoms with Gasteiger partial charge in [-0.1, -0.05) is 103 Å². The molecule has 0 atom stereocenters. The summed E-state index contributed by atoms with van der Waals surface area (Å²) in [6.07, 6.45) is 2.86. The molecule has 0 aliphatic heterocycles. The van der Waals surface area contributed by atoms with E-state index >= 15 is 0 Å². The molecule has 0 N–H and O–H groups in total. The smallest absolute Gasteiger partial charge is 0.143 e. The average molecular weight is 808 g/mol. The van der Waals surface area contributed by atoms with Crippen LogP contribution >= 0.6 is 0 Å². The molecule has 0 saturated heterocycles. The summed E-state index contributed by atoms with van der Waals surface area (Å²) in [6.45, 7) is 0. The van der Waals surface area contributed by atoms with Crippen molar-refractivity contribution in [2.45, 2.75) is 19.3 Å². The Morgan fingerprint density at radius 1 is 0.413 bits per heavy atom. The number of benzene rings is 9. The highest BCUT2D eigenvalue weighted by Crippen LogP contribution is 2.41. The number of aromatic nitrogens is 2. The topological polar surface area (TPSA) is 59.9 Å². The molecule has 0 spiro atoms. The first kappa shape index (κ1) is 35.4. The Balaban J connectivity index is 0.816. The Morgan fingerprint density at radius 2 is 1.03 bits per heavy atom. The van der Waals surface area contributed by atoms with Gasteiger partial charge in [0, 0.05) is 60.0 Å². The van der Waals surface area contributed by atoms with E-state index in [0.29, 0.717) is 5.56 Å². The molecule has 13 aromatic rings. The molecule has 296 valence electrons. The minimum Gasteiger partial charge on any atom is -0.456 e. The van der Waals surface area contributed by atoms with Crippen LogP contribution in [0.3, 0.4) is 0 Å². The van der Waals surface area contributed by atoms with E-state index in [9.17, 15) is 5.26 Å². The molecular weight excluding hydrogens is 771 g/mol. The van der Waals surface area contributed by atoms with Crippen LogP contribution in [-0.4, -0.2) is 9.13 Å². The number of nitriles is 1. The maximum absolute atomic E-state index is 9.50. The van der Waals surface area contributed by atoms with Gasteiger partial charge in [0.2, 0.25) is 0 Å². The van der Waals surface area contributed by atoms with E-state index in [1.165, 1.54) is 54.7 Å². The summed E-state index contributed by atoms with van der Waals surface area (Å²) in [4.78, 5) is 0. The minimum absolute atomic E-state index is 0.622. The number of hydrogen-bond acceptors (Lipinski definition) is 3. The third-order valence-corrected chi connectivity index (χ3v) is 13.1. The fourth-order valence-electron chi connectivity index (χ4n) is 10.2. The van der Waals surface area contributed by atoms with Crippen molar-refractivity contribution in [3.8, 4) is 28.6 Å². The number of aryl methyl sites for hydroxylation is 2. The first-order chi connectivity index (χ1) is 31.2. The van der Waals surface area contributed by atoms with E-state index in [4.69, 9.17) is 8.83 Å². The maximum Gasteiger partial charge on any atom is 0.143 e. The van der Waals surface area contributed by atoms with Gasteiger partial charge in [-0.05, 0) is 121 Å². The van der Waals surface area contributed by atoms with Gasteiger partial charge in [-0.2, -0.15) is 5.26 Å². The highest BCUT2D eigenvalue weighted by Gasteiger charge is 2.19. The predicted octanol–water partition coefficient (Wildman–Crippen LogP) is 15.4. The van der Waals surface area contributed by atoms with E-state index in [1.54, 1.807) is 6.07 Å². The molecular formula is C58H37N3O2. The molecule has 63 heavy (non-hydrogen) atoms. The van der Waals surface area contributed by atoms with Crippen molar-refractivity contribution in [1.29, 1.82) is 5.26 Å². The van der Waals surface area contributed by atoms with Crippen LogP contribution in [0.2, 0.25) is 0 Å². The molecule has 0 amide bonds. The molecule has 9 aromatic carbocycles. The van der Waals surface area contributed by atoms with Gasteiger partial charge in [0.25, 0.3) is 0 Å². The van der Waals surface area contributed by atoms with Crippen LogP contribution in [-0.2, 0) is 12.8 Å². The van der Waals surface area contributed by atoms with Crippen molar-refractivity contribution in [1.82, 2.24) is 9.13 Å². The van der Waals surface area contributed by atoms with Crippen molar-refractivity contribution in [3.05, 3.63) is 205 Å². The largest absolute Gasteiger partial charge is 0.456 e. The van der Waals surface area contributed by atoms with Crippen LogP contribution in [0.15, 0.2) is 197 Å². The van der Waals surface area contributed by atoms with Crippen LogP contribution in [0.5, 0.6) is 0 Å². The summed E-state index contributed by atoms with van der Waals surface area (Å²) in [5.41, 5.74) is 15.8. The molecule has 5 heteroatoms. The molecule has 0 saturated carbocycles. The molecule has 0 radical (unpaired) electrons. The standard InChI is InChI=1S/C58H37N3O2/c59-35-37-24-29-55-49(32-37)46-20-10-18-42(58(46)63-55)39-25-30-56-50(33-39)45-19-9-13-38(57(45)62-56)12-8-11-36-23-27-53-47(31-36)43-16-4-7-22-52(43)61(53)41-26-28-54-48(34-41)44-17-5-6-21-51(44)60(54)40-14-2-1-3-15-40/h1-7,9-10,13-34H,8,11-12H2. The van der Waals surface area contributed by atoms with Gasteiger partial charge in [-0.3, -0.25) is 0 Å². The van der Waals surface area contributed by atoms with E-state index in [-0.39, 0.29) is 0 Å². The minimum atomic E-state index is 0.622. The lowest BCUT2D eigenvalue weighted by molar-refractivity contribution is 0.659. The van der Waals surface area contributed by atoms with Crippen molar-refractivity contribution in [2.75, 3.05) is 0 Å². The number of nitrogens with zero attached hydrogens (tertiary/aromatic N) is 3. The van der Waals surface area contributed by atoms with Gasteiger partial charge in [0.15, 0.2) is 0 Å². The third kappa shape index (κ3) is 5.48. The zero-order valence-corrected chi connectivity index (χ0v) is 34.2. The highest BCUT2D eigenvalue weighted by atomic mass is 16.3. The van der Waals surface area contributed by atoms with E-state index in [2.05, 4.69) is 185 Å². The lowest BCUT2D eigenvalue weighted by Gasteiger charge is -2.10. The van der Waals surface area contributed by atoms with Crippen molar-refractivity contribution in [3.63, 3.8) is 0 Å². The molecule has 5 nitrogen and oxygen atoms in total. The van der Waals surface area contributed by atoms with Crippen LogP contribution in [0.4, 0.5) is 0 Å². The van der Waals surface area contributed by atoms with Gasteiger partial charge in [0.1, 0.15) is 22.3 Å². The molecule has 4 heterocycles. The third-order valence-electron chi connectivity index (χ3n) is 13.1. The van der Waals surface area contributed by atoms with Crippen LogP contribution in [0, 0.1) is 11.3 Å². The number of rotatable bonds is 7. The Kier molecular flexibility index (Phi) is 7.79. The summed E-state index contributed by atoms with van der Waals surface area (Å²) < 4.78 is 17.8. The maximum atomic E-state index is 9.50. The number of para-hydroxylation sites is 5. The van der Waals surface area contributed by atoms with Crippen LogP contribution < -0.4 is 0 Å². The molecule has 0 aliphatic carbocycles. The lowest BCUT2D eigenvalue weighted by atomic mass is 9.98. The van der Waals surface area contributed by atoms with Gasteiger partial charge < -0.3 is 18.0 Å². The number of fused-ring (bicyclic) bond motifs is 12. The van der Waals surface area contributed by atoms with Crippen LogP contribution in [0.25, 0.3) is 110 Å². The second-order valence-corrected chi connectivity index (χ2v) is 16.7. The fourth-order valence-corrected chi connectivity index (χ4v) is 10.2. The van der Waals surface area contributed by atoms with Crippen molar-refractivity contribution < 1.29 is 8.83 Å². The number of furan rings is 2. The first-order valence-electron chi connectivity index (χ1n) is 21.6. The quantitative estimate of drug-likeness (QED) is 0.161. The predicted molar refractivity (Wildman–Crippen MR) is 258 cm³/mol. The molecule has 13 rings (SSSR count). The molecule has 4 aromatic heterocycles. The van der Waals surface area contributed by atoms with Gasteiger partial charge in [-0.25, -0.2) is 0 Å². The second-order valence-electron chi connectivity index (χ2n) is 16.7. The number of hydrogen-bond donors (Lipinski definition) is 0. The summed E-state index contributed by atoms with van der Waals surface area (Å²) >= 11 is 0. The zero-order valence-electron chi connectivity index (χ0n) is 34.2. The van der Waals surface area contributed by atoms with Crippen LogP contribution in [0.1, 0.15) is 23.1 Å². The Hall–Kier alpha value is -8.33. The summed E-state index contributed by atoms with van der Waals surface area (Å²) in [5, 5.41) is 18.7. The SMILES string of the molecule is N#Cc1ccc2oc3c(-c4ccc5oc6c(CCCc7ccc8c(c7)c7ccccc7n8-c7ccc8c(c7)c7ccccc7n8-c7ccccc7)cccc6c5c4)cccc3c2c1. The highest BCUT2D eigenvalue weighted by molar-refractivity contribution is 6.14. The first-order valence-corrected chi connectivity index (χ1v) is 21.6. The summed E-state index contributed by atoms with van der Waals surface area (Å²) in [5.74, 6) is 0. The molecule has 0 aliphatic rings. The summed E-state index contributed by atoms with van der Waals surface area (Å²) in [7, 11) is 0. The fraction of sp³-hybridized carbons (Fsp3) is 0.0517. The average Bonchev–Trinajstić information content (AvgIpc) is 4.09. The second kappa shape index (κ2) is 13.9. The van der Waals surface area contributed by atoms with Gasteiger partial charge in [0.05, 0.1) is 33.7 Å². The van der Waals surface area contributed by atoms with Crippen molar-refractivity contribution >= 4 is 87.5 Å². The molecule has 0 fully saturated rings. The van der Waals surface area contributed by atoms with Gasteiger partial charge in [-0.15, -0.1) is 0 Å². The van der Waals surface area contributed by atoms with E-state index < -0.39 is 0 Å². The van der Waals surface area contributed by atoms with Crippen molar-refractivity contribution in [2.24, 2.45) is 0 Å². The van der Waals surface area contributed by atoms with E-state index in [1.807, 2.05) is 12.1 Å². The Labute approximate surface area is 361 Å². The Morgan fingerprint density at radius 3 is 1.83 bits per heavy atom.